The van der Waals surface area contributed by atoms with Crippen LogP contribution in [0, 0.1) is 0 Å². The van der Waals surface area contributed by atoms with Crippen molar-refractivity contribution in [3.05, 3.63) is 53.9 Å². The number of likely N-dealkylation sites (N-methyl/N-ethyl adjacent to an activating group) is 1. The fraction of sp³-hybridized carbons (Fsp3) is 0.450. The summed E-state index contributed by atoms with van der Waals surface area (Å²) in [5.41, 5.74) is 1.82. The Morgan fingerprint density at radius 1 is 1.37 bits per heavy atom. The van der Waals surface area contributed by atoms with E-state index in [-0.39, 0.29) is 24.5 Å². The predicted molar refractivity (Wildman–Crippen MR) is 101 cm³/mol. The smallest absolute Gasteiger partial charge is 0.254 e. The molecule has 0 spiro atoms. The fourth-order valence-electron chi connectivity index (χ4n) is 3.17. The third-order valence-electron chi connectivity index (χ3n) is 4.67. The van der Waals surface area contributed by atoms with Crippen LogP contribution >= 0.6 is 0 Å². The Morgan fingerprint density at radius 2 is 2.11 bits per heavy atom. The molecule has 1 fully saturated rings. The maximum Gasteiger partial charge on any atom is 0.254 e. The van der Waals surface area contributed by atoms with Gasteiger partial charge in [-0.3, -0.25) is 14.3 Å². The summed E-state index contributed by atoms with van der Waals surface area (Å²) in [6.07, 6.45) is 3.00. The highest BCUT2D eigenvalue weighted by atomic mass is 16.5. The molecule has 0 bridgehead atoms. The minimum absolute atomic E-state index is 0.109. The van der Waals surface area contributed by atoms with E-state index in [0.29, 0.717) is 13.1 Å². The van der Waals surface area contributed by atoms with Gasteiger partial charge in [-0.15, -0.1) is 0 Å². The van der Waals surface area contributed by atoms with Crippen LogP contribution in [0.5, 0.6) is 0 Å². The molecule has 2 atom stereocenters. The molecule has 2 aromatic rings. The summed E-state index contributed by atoms with van der Waals surface area (Å²) < 4.78 is 7.53. The van der Waals surface area contributed by atoms with Crippen molar-refractivity contribution in [3.8, 4) is 0 Å². The zero-order chi connectivity index (χ0) is 19.4. The summed E-state index contributed by atoms with van der Waals surface area (Å²) in [5.74, 6) is -0.349. The van der Waals surface area contributed by atoms with Crippen LogP contribution in [0.25, 0.3) is 0 Å². The molecule has 1 aliphatic rings. The van der Waals surface area contributed by atoms with Gasteiger partial charge in [-0.2, -0.15) is 5.10 Å². The molecule has 1 N–H and O–H groups in total. The summed E-state index contributed by atoms with van der Waals surface area (Å²) in [6.45, 7) is 6.94. The standard InChI is InChI=1S/C20H26N4O3/c1-4-23(11-15-10-21-24(12-15)14(2)3)20(26)19-18(22-17(25)13-27-19)16-8-6-5-7-9-16/h5-10,12,14,18-19H,4,11,13H2,1-3H3,(H,22,25)/t18-,19+/m1/s1. The predicted octanol–water partition coefficient (Wildman–Crippen LogP) is 2.07. The SMILES string of the molecule is CCN(Cc1cnn(C(C)C)c1)C(=O)[C@H]1OCC(=O)N[C@@H]1c1ccccc1. The lowest BCUT2D eigenvalue weighted by Crippen LogP contribution is -2.53. The van der Waals surface area contributed by atoms with Gasteiger partial charge in [-0.05, 0) is 26.3 Å². The van der Waals surface area contributed by atoms with E-state index in [0.717, 1.165) is 11.1 Å². The number of morpholine rings is 1. The van der Waals surface area contributed by atoms with Gasteiger partial charge in [-0.25, -0.2) is 0 Å². The number of carbonyl (C=O) groups excluding carboxylic acids is 2. The van der Waals surface area contributed by atoms with Gasteiger partial charge in [0.25, 0.3) is 5.91 Å². The van der Waals surface area contributed by atoms with Gasteiger partial charge in [0.05, 0.1) is 12.2 Å². The molecule has 0 unspecified atom stereocenters. The molecule has 144 valence electrons. The second-order valence-electron chi connectivity index (χ2n) is 6.96. The van der Waals surface area contributed by atoms with Crippen LogP contribution in [-0.2, 0) is 20.9 Å². The Hall–Kier alpha value is -2.67. The van der Waals surface area contributed by atoms with Gasteiger partial charge in [0.15, 0.2) is 6.10 Å². The molecule has 3 rings (SSSR count). The Morgan fingerprint density at radius 3 is 2.74 bits per heavy atom. The number of nitrogens with one attached hydrogen (secondary N) is 1. The van der Waals surface area contributed by atoms with Crippen molar-refractivity contribution < 1.29 is 14.3 Å². The molecule has 7 heteroatoms. The number of benzene rings is 1. The third-order valence-corrected chi connectivity index (χ3v) is 4.67. The molecule has 1 aromatic carbocycles. The lowest BCUT2D eigenvalue weighted by molar-refractivity contribution is -0.155. The average Bonchev–Trinajstić information content (AvgIpc) is 3.15. The number of rotatable bonds is 6. The van der Waals surface area contributed by atoms with Gasteiger partial charge in [0, 0.05) is 30.9 Å². The number of hydrogen-bond acceptors (Lipinski definition) is 4. The summed E-state index contributed by atoms with van der Waals surface area (Å²) in [7, 11) is 0. The highest BCUT2D eigenvalue weighted by Crippen LogP contribution is 2.24. The molecule has 2 heterocycles. The molecule has 0 aliphatic carbocycles. The van der Waals surface area contributed by atoms with E-state index < -0.39 is 12.1 Å². The number of carbonyl (C=O) groups is 2. The average molecular weight is 370 g/mol. The van der Waals surface area contributed by atoms with E-state index in [4.69, 9.17) is 4.74 Å². The van der Waals surface area contributed by atoms with E-state index in [2.05, 4.69) is 24.3 Å². The maximum absolute atomic E-state index is 13.2. The molecule has 1 saturated heterocycles. The zero-order valence-electron chi connectivity index (χ0n) is 16.0. The first-order valence-electron chi connectivity index (χ1n) is 9.27. The van der Waals surface area contributed by atoms with Crippen molar-refractivity contribution in [2.24, 2.45) is 0 Å². The molecular weight excluding hydrogens is 344 g/mol. The van der Waals surface area contributed by atoms with Crippen molar-refractivity contribution in [1.29, 1.82) is 0 Å². The lowest BCUT2D eigenvalue weighted by atomic mass is 9.98. The van der Waals surface area contributed by atoms with Gasteiger partial charge in [0.2, 0.25) is 5.91 Å². The number of hydrogen-bond donors (Lipinski definition) is 1. The van der Waals surface area contributed by atoms with Gasteiger partial charge >= 0.3 is 0 Å². The minimum Gasteiger partial charge on any atom is -0.356 e. The number of amides is 2. The Labute approximate surface area is 159 Å². The molecule has 7 nitrogen and oxygen atoms in total. The second-order valence-corrected chi connectivity index (χ2v) is 6.96. The van der Waals surface area contributed by atoms with Gasteiger partial charge < -0.3 is 15.0 Å². The molecular formula is C20H26N4O3. The summed E-state index contributed by atoms with van der Waals surface area (Å²) in [4.78, 5) is 26.8. The third kappa shape index (κ3) is 4.36. The molecule has 1 aliphatic heterocycles. The number of ether oxygens (including phenoxy) is 1. The first-order valence-corrected chi connectivity index (χ1v) is 9.27. The second kappa shape index (κ2) is 8.35. The monoisotopic (exact) mass is 370 g/mol. The summed E-state index contributed by atoms with van der Waals surface area (Å²) >= 11 is 0. The first kappa shape index (κ1) is 19.1. The van der Waals surface area contributed by atoms with E-state index in [1.807, 2.05) is 48.1 Å². The van der Waals surface area contributed by atoms with E-state index in [1.54, 1.807) is 11.1 Å². The van der Waals surface area contributed by atoms with Crippen LogP contribution < -0.4 is 5.32 Å². The highest BCUT2D eigenvalue weighted by molar-refractivity contribution is 5.86. The molecule has 1 aromatic heterocycles. The topological polar surface area (TPSA) is 76.5 Å². The Balaban J connectivity index is 1.78. The van der Waals surface area contributed by atoms with Gasteiger partial charge in [-0.1, -0.05) is 30.3 Å². The first-order chi connectivity index (χ1) is 13.0. The van der Waals surface area contributed by atoms with Crippen molar-refractivity contribution in [2.75, 3.05) is 13.2 Å². The fourth-order valence-corrected chi connectivity index (χ4v) is 3.17. The molecule has 2 amide bonds. The van der Waals surface area contributed by atoms with Crippen LogP contribution in [-0.4, -0.2) is 45.8 Å². The molecule has 0 saturated carbocycles. The number of nitrogens with zero attached hydrogens (tertiary/aromatic N) is 3. The normalized spacial score (nSPS) is 19.8. The van der Waals surface area contributed by atoms with E-state index in [9.17, 15) is 9.59 Å². The van der Waals surface area contributed by atoms with Crippen LogP contribution in [0.3, 0.4) is 0 Å². The zero-order valence-corrected chi connectivity index (χ0v) is 16.0. The largest absolute Gasteiger partial charge is 0.356 e. The Kier molecular flexibility index (Phi) is 5.91. The van der Waals surface area contributed by atoms with Crippen molar-refractivity contribution >= 4 is 11.8 Å². The van der Waals surface area contributed by atoms with E-state index >= 15 is 0 Å². The van der Waals surface area contributed by atoms with Crippen molar-refractivity contribution in [1.82, 2.24) is 20.0 Å². The van der Waals surface area contributed by atoms with E-state index in [1.165, 1.54) is 0 Å². The summed E-state index contributed by atoms with van der Waals surface area (Å²) in [5, 5.41) is 7.24. The van der Waals surface area contributed by atoms with Crippen LogP contribution in [0.4, 0.5) is 0 Å². The highest BCUT2D eigenvalue weighted by Gasteiger charge is 2.38. The van der Waals surface area contributed by atoms with Gasteiger partial charge in [0.1, 0.15) is 6.61 Å². The van der Waals surface area contributed by atoms with Crippen LogP contribution in [0.1, 0.15) is 44.0 Å². The molecule has 27 heavy (non-hydrogen) atoms. The van der Waals surface area contributed by atoms with Crippen molar-refractivity contribution in [2.45, 2.75) is 45.5 Å². The van der Waals surface area contributed by atoms with Crippen LogP contribution in [0.2, 0.25) is 0 Å². The minimum atomic E-state index is -0.745. The lowest BCUT2D eigenvalue weighted by Gasteiger charge is -2.34. The summed E-state index contributed by atoms with van der Waals surface area (Å²) in [6, 6.07) is 9.23. The van der Waals surface area contributed by atoms with Crippen molar-refractivity contribution in [3.63, 3.8) is 0 Å². The Bertz CT molecular complexity index is 788. The van der Waals surface area contributed by atoms with Crippen LogP contribution in [0.15, 0.2) is 42.7 Å². The molecule has 0 radical (unpaired) electrons. The number of aromatic nitrogens is 2. The quantitative estimate of drug-likeness (QED) is 0.845. The maximum atomic E-state index is 13.2.